The third kappa shape index (κ3) is 2.43. The number of hydrogen-bond acceptors (Lipinski definition) is 7. The lowest BCUT2D eigenvalue weighted by Gasteiger charge is -2.36. The molecule has 0 amide bonds. The van der Waals surface area contributed by atoms with E-state index >= 15 is 0 Å². The quantitative estimate of drug-likeness (QED) is 0.601. The molecule has 3 N–H and O–H groups in total. The van der Waals surface area contributed by atoms with Gasteiger partial charge < -0.3 is 10.3 Å². The van der Waals surface area contributed by atoms with Crippen molar-refractivity contribution in [1.29, 1.82) is 0 Å². The van der Waals surface area contributed by atoms with Crippen LogP contribution in [0.15, 0.2) is 0 Å². The maximum Gasteiger partial charge on any atom is 0.149 e. The molecule has 0 saturated carbocycles. The Bertz CT molecular complexity index is 480. The van der Waals surface area contributed by atoms with E-state index in [0.29, 0.717) is 0 Å². The lowest BCUT2D eigenvalue weighted by atomic mass is 10.1. The van der Waals surface area contributed by atoms with Crippen LogP contribution in [0.2, 0.25) is 0 Å². The van der Waals surface area contributed by atoms with Crippen molar-refractivity contribution in [2.45, 2.75) is 17.5 Å². The van der Waals surface area contributed by atoms with E-state index in [9.17, 15) is 0 Å². The SMILES string of the molecule is CN1CCN(C)C(c2nc3c(c(NN)n2)CSC3)C1. The molecule has 0 spiro atoms. The van der Waals surface area contributed by atoms with Crippen LogP contribution in [0.1, 0.15) is 23.1 Å². The molecule has 6 nitrogen and oxygen atoms in total. The second-order valence-corrected chi connectivity index (χ2v) is 6.24. The fourth-order valence-electron chi connectivity index (χ4n) is 2.63. The number of fused-ring (bicyclic) bond motifs is 1. The molecule has 1 atom stereocenters. The first-order valence-corrected chi connectivity index (χ1v) is 7.67. The Morgan fingerprint density at radius 2 is 2.11 bits per heavy atom. The number of anilines is 1. The lowest BCUT2D eigenvalue weighted by Crippen LogP contribution is -2.45. The van der Waals surface area contributed by atoms with Crippen LogP contribution < -0.4 is 11.3 Å². The maximum absolute atomic E-state index is 5.61. The second-order valence-electron chi connectivity index (χ2n) is 5.25. The highest BCUT2D eigenvalue weighted by molar-refractivity contribution is 7.98. The van der Waals surface area contributed by atoms with Gasteiger partial charge in [-0.25, -0.2) is 15.8 Å². The summed E-state index contributed by atoms with van der Waals surface area (Å²) in [6.45, 7) is 3.10. The average Bonchev–Trinajstić information content (AvgIpc) is 2.88. The lowest BCUT2D eigenvalue weighted by molar-refractivity contribution is 0.109. The van der Waals surface area contributed by atoms with Crippen molar-refractivity contribution in [3.8, 4) is 0 Å². The Balaban J connectivity index is 1.96. The highest BCUT2D eigenvalue weighted by Gasteiger charge is 2.28. The number of nitrogens with one attached hydrogen (secondary N) is 1. The second kappa shape index (κ2) is 5.24. The highest BCUT2D eigenvalue weighted by Crippen LogP contribution is 2.34. The molecule has 2 aliphatic heterocycles. The van der Waals surface area contributed by atoms with E-state index in [4.69, 9.17) is 10.8 Å². The van der Waals surface area contributed by atoms with Gasteiger partial charge >= 0.3 is 0 Å². The number of thioether (sulfide) groups is 1. The molecule has 1 unspecified atom stereocenters. The standard InChI is InChI=1S/C12H20N6S/c1-17-3-4-18(2)10(5-17)12-14-9-7-19-6-8(9)11(15-12)16-13/h10H,3-7,13H2,1-2H3,(H,14,15,16). The molecule has 1 aromatic rings. The Kier molecular flexibility index (Phi) is 3.62. The van der Waals surface area contributed by atoms with Gasteiger partial charge in [-0.05, 0) is 14.1 Å². The molecule has 7 heteroatoms. The molecule has 104 valence electrons. The predicted molar refractivity (Wildman–Crippen MR) is 77.7 cm³/mol. The van der Waals surface area contributed by atoms with Crippen LogP contribution in [0.4, 0.5) is 5.82 Å². The third-order valence-electron chi connectivity index (χ3n) is 3.88. The number of likely N-dealkylation sites (N-methyl/N-ethyl adjacent to an activating group) is 2. The van der Waals surface area contributed by atoms with Crippen LogP contribution in [0.3, 0.4) is 0 Å². The van der Waals surface area contributed by atoms with E-state index < -0.39 is 0 Å². The first-order valence-electron chi connectivity index (χ1n) is 6.52. The fraction of sp³-hybridized carbons (Fsp3) is 0.667. The van der Waals surface area contributed by atoms with Gasteiger partial charge in [0.15, 0.2) is 0 Å². The number of nitrogens with two attached hydrogens (primary N) is 1. The summed E-state index contributed by atoms with van der Waals surface area (Å²) >= 11 is 1.87. The smallest absolute Gasteiger partial charge is 0.149 e. The molecule has 3 rings (SSSR count). The van der Waals surface area contributed by atoms with Crippen LogP contribution in [-0.2, 0) is 11.5 Å². The number of aromatic nitrogens is 2. The van der Waals surface area contributed by atoms with E-state index in [1.807, 2.05) is 11.8 Å². The first-order chi connectivity index (χ1) is 9.19. The number of hydrogen-bond donors (Lipinski definition) is 2. The fourth-order valence-corrected chi connectivity index (χ4v) is 3.67. The molecule has 0 radical (unpaired) electrons. The summed E-state index contributed by atoms with van der Waals surface area (Å²) in [5.41, 5.74) is 5.05. The van der Waals surface area contributed by atoms with E-state index in [2.05, 4.69) is 34.3 Å². The first kappa shape index (κ1) is 13.1. The molecule has 0 bridgehead atoms. The van der Waals surface area contributed by atoms with E-state index in [1.54, 1.807) is 0 Å². The Labute approximate surface area is 117 Å². The predicted octanol–water partition coefficient (Wildman–Crippen LogP) is 0.427. The number of hydrazine groups is 1. The van der Waals surface area contributed by atoms with Crippen LogP contribution in [-0.4, -0.2) is 53.5 Å². The minimum absolute atomic E-state index is 0.252. The summed E-state index contributed by atoms with van der Waals surface area (Å²) in [5.74, 6) is 9.22. The molecule has 3 heterocycles. The molecular formula is C12H20N6S. The highest BCUT2D eigenvalue weighted by atomic mass is 32.2. The molecule has 19 heavy (non-hydrogen) atoms. The average molecular weight is 280 g/mol. The van der Waals surface area contributed by atoms with Crippen LogP contribution in [0, 0.1) is 0 Å². The molecule has 1 aromatic heterocycles. The van der Waals surface area contributed by atoms with Gasteiger partial charge in [0.2, 0.25) is 0 Å². The summed E-state index contributed by atoms with van der Waals surface area (Å²) < 4.78 is 0. The Hall–Kier alpha value is -0.890. The van der Waals surface area contributed by atoms with Crippen molar-refractivity contribution in [2.24, 2.45) is 5.84 Å². The van der Waals surface area contributed by atoms with E-state index in [-0.39, 0.29) is 6.04 Å². The van der Waals surface area contributed by atoms with E-state index in [0.717, 1.165) is 48.5 Å². The van der Waals surface area contributed by atoms with Crippen molar-refractivity contribution in [2.75, 3.05) is 39.2 Å². The zero-order valence-electron chi connectivity index (χ0n) is 11.4. The van der Waals surface area contributed by atoms with E-state index in [1.165, 1.54) is 5.56 Å². The van der Waals surface area contributed by atoms with Crippen molar-refractivity contribution in [3.05, 3.63) is 17.1 Å². The van der Waals surface area contributed by atoms with Crippen molar-refractivity contribution >= 4 is 17.6 Å². The van der Waals surface area contributed by atoms with Gasteiger partial charge in [0, 0.05) is 36.7 Å². The van der Waals surface area contributed by atoms with Crippen LogP contribution in [0.25, 0.3) is 0 Å². The number of nitrogen functional groups attached to an aromatic ring is 1. The monoisotopic (exact) mass is 280 g/mol. The topological polar surface area (TPSA) is 70.3 Å². The summed E-state index contributed by atoms with van der Waals surface area (Å²) in [6.07, 6.45) is 0. The normalized spacial score (nSPS) is 24.5. The minimum Gasteiger partial charge on any atom is -0.308 e. The minimum atomic E-state index is 0.252. The zero-order chi connectivity index (χ0) is 13.4. The molecule has 0 aliphatic carbocycles. The Morgan fingerprint density at radius 1 is 1.26 bits per heavy atom. The summed E-state index contributed by atoms with van der Waals surface area (Å²) in [5, 5.41) is 0. The van der Waals surface area contributed by atoms with Gasteiger partial charge in [-0.3, -0.25) is 4.90 Å². The summed E-state index contributed by atoms with van der Waals surface area (Å²) in [6, 6.07) is 0.252. The van der Waals surface area contributed by atoms with Gasteiger partial charge in [-0.15, -0.1) is 0 Å². The van der Waals surface area contributed by atoms with Gasteiger partial charge in [-0.1, -0.05) is 0 Å². The van der Waals surface area contributed by atoms with Gasteiger partial charge in [0.25, 0.3) is 0 Å². The molecule has 1 fully saturated rings. The molecule has 1 saturated heterocycles. The largest absolute Gasteiger partial charge is 0.308 e. The van der Waals surface area contributed by atoms with Crippen LogP contribution >= 0.6 is 11.8 Å². The number of rotatable bonds is 2. The number of nitrogens with zero attached hydrogens (tertiary/aromatic N) is 4. The molecular weight excluding hydrogens is 260 g/mol. The van der Waals surface area contributed by atoms with Gasteiger partial charge in [0.1, 0.15) is 11.6 Å². The number of piperazine rings is 1. The van der Waals surface area contributed by atoms with Crippen molar-refractivity contribution < 1.29 is 0 Å². The third-order valence-corrected chi connectivity index (χ3v) is 4.85. The zero-order valence-corrected chi connectivity index (χ0v) is 12.2. The molecule has 0 aromatic carbocycles. The summed E-state index contributed by atoms with van der Waals surface area (Å²) in [4.78, 5) is 14.1. The van der Waals surface area contributed by atoms with Crippen molar-refractivity contribution in [1.82, 2.24) is 19.8 Å². The van der Waals surface area contributed by atoms with Gasteiger partial charge in [-0.2, -0.15) is 11.8 Å². The Morgan fingerprint density at radius 3 is 2.89 bits per heavy atom. The molecule has 2 aliphatic rings. The van der Waals surface area contributed by atoms with Crippen LogP contribution in [0.5, 0.6) is 0 Å². The van der Waals surface area contributed by atoms with Crippen molar-refractivity contribution in [3.63, 3.8) is 0 Å². The van der Waals surface area contributed by atoms with Gasteiger partial charge in [0.05, 0.1) is 11.7 Å². The maximum atomic E-state index is 5.61. The summed E-state index contributed by atoms with van der Waals surface area (Å²) in [7, 11) is 4.28.